The van der Waals surface area contributed by atoms with Crippen LogP contribution in [0.25, 0.3) is 5.52 Å². The maximum Gasteiger partial charge on any atom is 0.408 e. The monoisotopic (exact) mass is 409 g/mol. The van der Waals surface area contributed by atoms with Crippen molar-refractivity contribution in [2.75, 3.05) is 18.0 Å². The number of carbonyl (C=O) groups excluding carboxylic acids is 1. The summed E-state index contributed by atoms with van der Waals surface area (Å²) >= 11 is 3.46. The standard InChI is InChI=1S/C17H24BrN5O2/c1-16(2,3)25-15(24)21-17(4)6-9-22(10-7-17)14-12-5-8-20-23(12)13(18)11-19-14/h5,8,11H,6-7,9-10H2,1-4H3,(H,21,24). The molecule has 0 radical (unpaired) electrons. The lowest BCUT2D eigenvalue weighted by Gasteiger charge is -2.40. The Bertz CT molecular complexity index is 775. The molecule has 0 unspecified atom stereocenters. The number of aromatic nitrogens is 3. The van der Waals surface area contributed by atoms with E-state index in [-0.39, 0.29) is 11.6 Å². The van der Waals surface area contributed by atoms with Crippen molar-refractivity contribution < 1.29 is 9.53 Å². The van der Waals surface area contributed by atoms with Gasteiger partial charge in [-0.1, -0.05) is 0 Å². The number of piperidine rings is 1. The van der Waals surface area contributed by atoms with Crippen molar-refractivity contribution in [2.24, 2.45) is 0 Å². The van der Waals surface area contributed by atoms with Crippen LogP contribution in [0, 0.1) is 0 Å². The number of nitrogens with zero attached hydrogens (tertiary/aromatic N) is 4. The zero-order valence-corrected chi connectivity index (χ0v) is 16.6. The lowest BCUT2D eigenvalue weighted by atomic mass is 9.90. The first-order valence-corrected chi connectivity index (χ1v) is 9.21. The van der Waals surface area contributed by atoms with E-state index in [0.29, 0.717) is 0 Å². The zero-order chi connectivity index (χ0) is 18.2. The maximum absolute atomic E-state index is 12.1. The number of ether oxygens (including phenoxy) is 1. The van der Waals surface area contributed by atoms with Gasteiger partial charge in [-0.15, -0.1) is 0 Å². The molecule has 1 saturated heterocycles. The van der Waals surface area contributed by atoms with Gasteiger partial charge in [-0.05, 0) is 62.5 Å². The van der Waals surface area contributed by atoms with Gasteiger partial charge in [-0.3, -0.25) is 0 Å². The third-order valence-electron chi connectivity index (χ3n) is 4.34. The second-order valence-corrected chi connectivity index (χ2v) is 8.52. The molecule has 0 aromatic carbocycles. The van der Waals surface area contributed by atoms with E-state index >= 15 is 0 Å². The number of anilines is 1. The summed E-state index contributed by atoms with van der Waals surface area (Å²) in [5, 5.41) is 7.34. The van der Waals surface area contributed by atoms with Crippen LogP contribution >= 0.6 is 15.9 Å². The van der Waals surface area contributed by atoms with Crippen LogP contribution in [0.1, 0.15) is 40.5 Å². The van der Waals surface area contributed by atoms with E-state index in [1.807, 2.05) is 31.4 Å². The number of alkyl carbamates (subject to hydrolysis) is 1. The lowest BCUT2D eigenvalue weighted by Crippen LogP contribution is -2.54. The largest absolute Gasteiger partial charge is 0.444 e. The van der Waals surface area contributed by atoms with Gasteiger partial charge in [0.05, 0.1) is 12.4 Å². The van der Waals surface area contributed by atoms with Crippen LogP contribution in [0.2, 0.25) is 0 Å². The van der Waals surface area contributed by atoms with Crippen LogP contribution < -0.4 is 10.2 Å². The average molecular weight is 410 g/mol. The summed E-state index contributed by atoms with van der Waals surface area (Å²) in [5.41, 5.74) is 0.207. The van der Waals surface area contributed by atoms with Gasteiger partial charge in [0.15, 0.2) is 5.82 Å². The van der Waals surface area contributed by atoms with Gasteiger partial charge < -0.3 is 15.0 Å². The molecule has 2 aromatic rings. The second-order valence-electron chi connectivity index (χ2n) is 7.71. The number of rotatable bonds is 2. The SMILES string of the molecule is CC1(NC(=O)OC(C)(C)C)CCN(c2ncc(Br)n3nccc23)CC1. The Hall–Kier alpha value is -1.83. The Kier molecular flexibility index (Phi) is 4.66. The van der Waals surface area contributed by atoms with Crippen LogP contribution in [0.3, 0.4) is 0 Å². The third kappa shape index (κ3) is 4.05. The van der Waals surface area contributed by atoms with Gasteiger partial charge in [0, 0.05) is 18.6 Å². The zero-order valence-electron chi connectivity index (χ0n) is 15.0. The van der Waals surface area contributed by atoms with Crippen molar-refractivity contribution in [2.45, 2.75) is 51.7 Å². The van der Waals surface area contributed by atoms with Crippen molar-refractivity contribution >= 4 is 33.4 Å². The molecule has 1 N–H and O–H groups in total. The molecule has 136 valence electrons. The summed E-state index contributed by atoms with van der Waals surface area (Å²) in [6, 6.07) is 1.96. The highest BCUT2D eigenvalue weighted by molar-refractivity contribution is 9.10. The Labute approximate surface area is 155 Å². The predicted molar refractivity (Wildman–Crippen MR) is 99.9 cm³/mol. The van der Waals surface area contributed by atoms with Crippen LogP contribution in [0.5, 0.6) is 0 Å². The van der Waals surface area contributed by atoms with Crippen molar-refractivity contribution in [3.8, 4) is 0 Å². The van der Waals surface area contributed by atoms with Gasteiger partial charge in [0.1, 0.15) is 15.7 Å². The van der Waals surface area contributed by atoms with Crippen LogP contribution in [0.15, 0.2) is 23.1 Å². The third-order valence-corrected chi connectivity index (χ3v) is 4.88. The minimum absolute atomic E-state index is 0.273. The molecule has 3 rings (SSSR count). The molecule has 0 atom stereocenters. The number of halogens is 1. The van der Waals surface area contributed by atoms with Crippen molar-refractivity contribution in [3.05, 3.63) is 23.1 Å². The minimum Gasteiger partial charge on any atom is -0.444 e. The molecular weight excluding hydrogens is 386 g/mol. The first kappa shape index (κ1) is 18.0. The lowest BCUT2D eigenvalue weighted by molar-refractivity contribution is 0.0448. The Morgan fingerprint density at radius 3 is 2.68 bits per heavy atom. The summed E-state index contributed by atoms with van der Waals surface area (Å²) in [6.45, 7) is 9.29. The summed E-state index contributed by atoms with van der Waals surface area (Å²) in [6.07, 6.45) is 4.82. The highest BCUT2D eigenvalue weighted by Gasteiger charge is 2.34. The quantitative estimate of drug-likeness (QED) is 0.822. The van der Waals surface area contributed by atoms with E-state index in [2.05, 4.69) is 43.2 Å². The minimum atomic E-state index is -0.490. The van der Waals surface area contributed by atoms with E-state index < -0.39 is 5.60 Å². The number of fused-ring (bicyclic) bond motifs is 1. The molecule has 2 aromatic heterocycles. The highest BCUT2D eigenvalue weighted by Crippen LogP contribution is 2.29. The molecule has 0 saturated carbocycles. The van der Waals surface area contributed by atoms with Crippen LogP contribution in [-0.2, 0) is 4.74 Å². The first-order chi connectivity index (χ1) is 11.7. The van der Waals surface area contributed by atoms with Gasteiger partial charge in [-0.25, -0.2) is 14.3 Å². The predicted octanol–water partition coefficient (Wildman–Crippen LogP) is 3.38. The van der Waals surface area contributed by atoms with Crippen LogP contribution in [-0.4, -0.2) is 44.9 Å². The van der Waals surface area contributed by atoms with Crippen molar-refractivity contribution in [1.82, 2.24) is 19.9 Å². The summed E-state index contributed by atoms with van der Waals surface area (Å²) < 4.78 is 8.04. The molecule has 0 spiro atoms. The normalized spacial score (nSPS) is 17.6. The number of nitrogens with one attached hydrogen (secondary N) is 1. The summed E-state index contributed by atoms with van der Waals surface area (Å²) in [7, 11) is 0. The van der Waals surface area contributed by atoms with E-state index in [4.69, 9.17) is 4.74 Å². The summed E-state index contributed by atoms with van der Waals surface area (Å²) in [5.74, 6) is 0.917. The average Bonchev–Trinajstić information content (AvgIpc) is 2.97. The fraction of sp³-hybridized carbons (Fsp3) is 0.588. The maximum atomic E-state index is 12.1. The molecule has 1 fully saturated rings. The molecule has 1 aliphatic rings. The number of hydrogen-bond acceptors (Lipinski definition) is 5. The molecular formula is C17H24BrN5O2. The Balaban J connectivity index is 1.68. The molecule has 1 amide bonds. The van der Waals surface area contributed by atoms with Gasteiger partial charge in [0.2, 0.25) is 0 Å². The molecule has 0 bridgehead atoms. The van der Waals surface area contributed by atoms with Crippen molar-refractivity contribution in [3.63, 3.8) is 0 Å². The number of amides is 1. The van der Waals surface area contributed by atoms with E-state index in [0.717, 1.165) is 41.9 Å². The van der Waals surface area contributed by atoms with E-state index in [9.17, 15) is 4.79 Å². The second kappa shape index (κ2) is 6.48. The van der Waals surface area contributed by atoms with Gasteiger partial charge in [-0.2, -0.15) is 5.10 Å². The highest BCUT2D eigenvalue weighted by atomic mass is 79.9. The van der Waals surface area contributed by atoms with Gasteiger partial charge in [0.25, 0.3) is 0 Å². The van der Waals surface area contributed by atoms with Crippen molar-refractivity contribution in [1.29, 1.82) is 0 Å². The molecule has 7 nitrogen and oxygen atoms in total. The molecule has 0 aliphatic carbocycles. The number of hydrogen-bond donors (Lipinski definition) is 1. The molecule has 1 aliphatic heterocycles. The van der Waals surface area contributed by atoms with E-state index in [1.165, 1.54) is 0 Å². The van der Waals surface area contributed by atoms with Crippen LogP contribution in [0.4, 0.5) is 10.6 Å². The molecule has 25 heavy (non-hydrogen) atoms. The molecule has 8 heteroatoms. The topological polar surface area (TPSA) is 71.8 Å². The fourth-order valence-corrected chi connectivity index (χ4v) is 3.39. The van der Waals surface area contributed by atoms with E-state index in [1.54, 1.807) is 12.4 Å². The Morgan fingerprint density at radius 2 is 2.04 bits per heavy atom. The summed E-state index contributed by atoms with van der Waals surface area (Å²) in [4.78, 5) is 18.9. The Morgan fingerprint density at radius 1 is 1.36 bits per heavy atom. The first-order valence-electron chi connectivity index (χ1n) is 8.41. The fourth-order valence-electron chi connectivity index (χ4n) is 3.01. The number of carbonyl (C=O) groups is 1. The smallest absolute Gasteiger partial charge is 0.408 e. The molecule has 3 heterocycles. The van der Waals surface area contributed by atoms with Gasteiger partial charge >= 0.3 is 6.09 Å².